The molecule has 2 fully saturated rings. The lowest BCUT2D eigenvalue weighted by atomic mass is 9.98. The molecule has 0 radical (unpaired) electrons. The maximum absolute atomic E-state index is 12.2. The van der Waals surface area contributed by atoms with Gasteiger partial charge >= 0.3 is 0 Å². The first-order valence-corrected chi connectivity index (χ1v) is 7.76. The molecule has 5 heteroatoms. The van der Waals surface area contributed by atoms with Crippen LogP contribution in [0.25, 0.3) is 0 Å². The highest BCUT2D eigenvalue weighted by Gasteiger charge is 2.38. The van der Waals surface area contributed by atoms with Crippen LogP contribution in [0.2, 0.25) is 5.02 Å². The van der Waals surface area contributed by atoms with Crippen molar-refractivity contribution in [3.8, 4) is 0 Å². The SMILES string of the molecule is CN1C(=O)CCC(NC(c2ccc(Cl)cc2)C2CC2)C1=O. The molecule has 1 aliphatic carbocycles. The van der Waals surface area contributed by atoms with Crippen LogP contribution in [0.5, 0.6) is 0 Å². The fourth-order valence-corrected chi connectivity index (χ4v) is 3.02. The number of nitrogens with one attached hydrogen (secondary N) is 1. The van der Waals surface area contributed by atoms with E-state index in [0.29, 0.717) is 23.8 Å². The summed E-state index contributed by atoms with van der Waals surface area (Å²) in [6, 6.07) is 7.69. The molecule has 1 saturated carbocycles. The number of benzene rings is 1. The molecule has 1 N–H and O–H groups in total. The van der Waals surface area contributed by atoms with Crippen LogP contribution < -0.4 is 5.32 Å². The molecule has 1 saturated heterocycles. The van der Waals surface area contributed by atoms with E-state index in [2.05, 4.69) is 5.32 Å². The molecule has 2 atom stereocenters. The number of rotatable bonds is 4. The van der Waals surface area contributed by atoms with Gasteiger partial charge in [0.2, 0.25) is 11.8 Å². The van der Waals surface area contributed by atoms with Crippen LogP contribution in [0.4, 0.5) is 0 Å². The molecule has 0 spiro atoms. The lowest BCUT2D eigenvalue weighted by molar-refractivity contribution is -0.148. The molecule has 2 unspecified atom stereocenters. The van der Waals surface area contributed by atoms with Crippen molar-refractivity contribution in [3.05, 3.63) is 34.9 Å². The number of likely N-dealkylation sites (N-methyl/N-ethyl adjacent to an activating group) is 1. The van der Waals surface area contributed by atoms with Gasteiger partial charge < -0.3 is 0 Å². The van der Waals surface area contributed by atoms with Gasteiger partial charge in [0.05, 0.1) is 6.04 Å². The van der Waals surface area contributed by atoms with Gasteiger partial charge in [-0.3, -0.25) is 19.8 Å². The van der Waals surface area contributed by atoms with Gasteiger partial charge in [-0.1, -0.05) is 23.7 Å². The minimum absolute atomic E-state index is 0.0903. The van der Waals surface area contributed by atoms with E-state index in [1.54, 1.807) is 7.05 Å². The Hall–Kier alpha value is -1.39. The fraction of sp³-hybridized carbons (Fsp3) is 0.500. The third kappa shape index (κ3) is 3.11. The van der Waals surface area contributed by atoms with E-state index in [4.69, 9.17) is 11.6 Å². The van der Waals surface area contributed by atoms with E-state index in [9.17, 15) is 9.59 Å². The Morgan fingerprint density at radius 1 is 1.19 bits per heavy atom. The first kappa shape index (κ1) is 14.5. The molecular formula is C16H19ClN2O2. The summed E-state index contributed by atoms with van der Waals surface area (Å²) in [6.07, 6.45) is 3.36. The number of carbonyl (C=O) groups excluding carboxylic acids is 2. The van der Waals surface area contributed by atoms with E-state index in [1.807, 2.05) is 24.3 Å². The second-order valence-corrected chi connectivity index (χ2v) is 6.35. The Kier molecular flexibility index (Phi) is 4.00. The van der Waals surface area contributed by atoms with Crippen molar-refractivity contribution in [2.45, 2.75) is 37.8 Å². The average Bonchev–Trinajstić information content (AvgIpc) is 3.30. The molecule has 1 aliphatic heterocycles. The molecule has 4 nitrogen and oxygen atoms in total. The zero-order chi connectivity index (χ0) is 15.0. The Morgan fingerprint density at radius 2 is 1.86 bits per heavy atom. The third-order valence-corrected chi connectivity index (χ3v) is 4.60. The van der Waals surface area contributed by atoms with Crippen LogP contribution in [0.3, 0.4) is 0 Å². The largest absolute Gasteiger partial charge is 0.299 e. The van der Waals surface area contributed by atoms with Crippen LogP contribution >= 0.6 is 11.6 Å². The van der Waals surface area contributed by atoms with Gasteiger partial charge in [0, 0.05) is 24.5 Å². The quantitative estimate of drug-likeness (QED) is 0.870. The number of halogens is 1. The normalized spacial score (nSPS) is 24.3. The highest BCUT2D eigenvalue weighted by molar-refractivity contribution is 6.30. The molecule has 0 aromatic heterocycles. The topological polar surface area (TPSA) is 49.4 Å². The minimum atomic E-state index is -0.269. The highest BCUT2D eigenvalue weighted by Crippen LogP contribution is 2.41. The number of likely N-dealkylation sites (tertiary alicyclic amines) is 1. The van der Waals surface area contributed by atoms with E-state index in [-0.39, 0.29) is 23.9 Å². The van der Waals surface area contributed by atoms with Crippen molar-refractivity contribution in [2.24, 2.45) is 5.92 Å². The predicted octanol–water partition coefficient (Wildman–Crippen LogP) is 2.53. The van der Waals surface area contributed by atoms with Gasteiger partial charge in [0.25, 0.3) is 0 Å². The van der Waals surface area contributed by atoms with E-state index in [1.165, 1.54) is 17.7 Å². The zero-order valence-electron chi connectivity index (χ0n) is 12.0. The molecule has 1 heterocycles. The lowest BCUT2D eigenvalue weighted by Gasteiger charge is -2.31. The Balaban J connectivity index is 1.75. The molecule has 1 aromatic carbocycles. The van der Waals surface area contributed by atoms with Gasteiger partial charge in [-0.05, 0) is 42.9 Å². The van der Waals surface area contributed by atoms with Gasteiger partial charge in [-0.25, -0.2) is 0 Å². The van der Waals surface area contributed by atoms with Crippen molar-refractivity contribution in [1.82, 2.24) is 10.2 Å². The third-order valence-electron chi connectivity index (χ3n) is 4.35. The molecule has 112 valence electrons. The maximum Gasteiger partial charge on any atom is 0.246 e. The second-order valence-electron chi connectivity index (χ2n) is 5.92. The lowest BCUT2D eigenvalue weighted by Crippen LogP contribution is -2.52. The molecule has 3 rings (SSSR count). The van der Waals surface area contributed by atoms with Crippen LogP contribution in [-0.2, 0) is 9.59 Å². The maximum atomic E-state index is 12.2. The highest BCUT2D eigenvalue weighted by atomic mass is 35.5. The number of carbonyl (C=O) groups is 2. The van der Waals surface area contributed by atoms with E-state index >= 15 is 0 Å². The average molecular weight is 307 g/mol. The Morgan fingerprint density at radius 3 is 2.48 bits per heavy atom. The molecule has 21 heavy (non-hydrogen) atoms. The van der Waals surface area contributed by atoms with Crippen LogP contribution in [0, 0.1) is 5.92 Å². The summed E-state index contributed by atoms with van der Waals surface area (Å²) in [7, 11) is 1.56. The number of hydrogen-bond acceptors (Lipinski definition) is 3. The first-order chi connectivity index (χ1) is 10.1. The summed E-state index contributed by atoms with van der Waals surface area (Å²) in [5.74, 6) is 0.361. The van der Waals surface area contributed by atoms with Crippen LogP contribution in [0.1, 0.15) is 37.3 Å². The molecule has 0 bridgehead atoms. The van der Waals surface area contributed by atoms with Crippen molar-refractivity contribution < 1.29 is 9.59 Å². The summed E-state index contributed by atoms with van der Waals surface area (Å²) in [4.78, 5) is 25.0. The molecular weight excluding hydrogens is 288 g/mol. The number of imide groups is 1. The minimum Gasteiger partial charge on any atom is -0.299 e. The van der Waals surface area contributed by atoms with E-state index in [0.717, 1.165) is 5.56 Å². The number of amides is 2. The number of nitrogens with zero attached hydrogens (tertiary/aromatic N) is 1. The first-order valence-electron chi connectivity index (χ1n) is 7.38. The number of hydrogen-bond donors (Lipinski definition) is 1. The monoisotopic (exact) mass is 306 g/mol. The summed E-state index contributed by atoms with van der Waals surface area (Å²) in [5.41, 5.74) is 1.16. The smallest absolute Gasteiger partial charge is 0.246 e. The number of piperidine rings is 1. The van der Waals surface area contributed by atoms with Crippen LogP contribution in [0.15, 0.2) is 24.3 Å². The Bertz CT molecular complexity index is 554. The Labute approximate surface area is 129 Å². The standard InChI is InChI=1S/C16H19ClN2O2/c1-19-14(20)9-8-13(16(19)21)18-15(10-2-3-10)11-4-6-12(17)7-5-11/h4-7,10,13,15,18H,2-3,8-9H2,1H3. The van der Waals surface area contributed by atoms with Gasteiger partial charge in [0.1, 0.15) is 0 Å². The van der Waals surface area contributed by atoms with Gasteiger partial charge in [-0.2, -0.15) is 0 Å². The van der Waals surface area contributed by atoms with Crippen LogP contribution in [-0.4, -0.2) is 29.8 Å². The predicted molar refractivity (Wildman–Crippen MR) is 80.9 cm³/mol. The van der Waals surface area contributed by atoms with E-state index < -0.39 is 0 Å². The van der Waals surface area contributed by atoms with Crippen molar-refractivity contribution in [2.75, 3.05) is 7.05 Å². The summed E-state index contributed by atoms with van der Waals surface area (Å²) < 4.78 is 0. The fourth-order valence-electron chi connectivity index (χ4n) is 2.89. The van der Waals surface area contributed by atoms with Gasteiger partial charge in [0.15, 0.2) is 0 Å². The van der Waals surface area contributed by atoms with Crippen molar-refractivity contribution >= 4 is 23.4 Å². The van der Waals surface area contributed by atoms with Crippen molar-refractivity contribution in [3.63, 3.8) is 0 Å². The molecule has 2 aliphatic rings. The zero-order valence-corrected chi connectivity index (χ0v) is 12.8. The van der Waals surface area contributed by atoms with Crippen molar-refractivity contribution in [1.29, 1.82) is 0 Å². The second kappa shape index (κ2) is 5.78. The molecule has 2 amide bonds. The summed E-state index contributed by atoms with van der Waals surface area (Å²) >= 11 is 5.94. The summed E-state index contributed by atoms with van der Waals surface area (Å²) in [5, 5.41) is 4.18. The summed E-state index contributed by atoms with van der Waals surface area (Å²) in [6.45, 7) is 0. The van der Waals surface area contributed by atoms with Gasteiger partial charge in [-0.15, -0.1) is 0 Å². The molecule has 1 aromatic rings.